The predicted octanol–water partition coefficient (Wildman–Crippen LogP) is 1.38. The monoisotopic (exact) mass is 481 g/mol. The number of hydrogen-bond donors (Lipinski definition) is 4. The largest absolute Gasteiger partial charge is 0.383 e. The summed E-state index contributed by atoms with van der Waals surface area (Å²) in [4.78, 5) is 56.5. The van der Waals surface area contributed by atoms with Crippen LogP contribution in [-0.4, -0.2) is 59.0 Å². The maximum Gasteiger partial charge on any atom is 0.326 e. The average Bonchev–Trinajstić information content (AvgIpc) is 3.29. The number of para-hydroxylation sites is 1. The van der Waals surface area contributed by atoms with E-state index in [1.54, 1.807) is 7.11 Å². The Balaban J connectivity index is 1.39. The SMILES string of the molecule is COC[C@@H]1Nc2ccccc2[C@H]2[C@@H]1CCN2C(=O)[C@H]1CCCC[C@H]1NC(=O)c1cc(=O)[nH]c(=O)[nH]1. The second-order valence-electron chi connectivity index (χ2n) is 9.69. The van der Waals surface area contributed by atoms with Crippen LogP contribution in [0.4, 0.5) is 5.69 Å². The van der Waals surface area contributed by atoms with Crippen LogP contribution < -0.4 is 21.9 Å². The number of carbonyl (C=O) groups is 2. The van der Waals surface area contributed by atoms with Gasteiger partial charge in [-0.2, -0.15) is 0 Å². The van der Waals surface area contributed by atoms with Crippen LogP contribution in [-0.2, 0) is 9.53 Å². The van der Waals surface area contributed by atoms with Gasteiger partial charge < -0.3 is 25.3 Å². The fourth-order valence-corrected chi connectivity index (χ4v) is 6.07. The van der Waals surface area contributed by atoms with Crippen LogP contribution in [0, 0.1) is 11.8 Å². The molecule has 0 bridgehead atoms. The number of likely N-dealkylation sites (tertiary alicyclic amines) is 1. The molecule has 2 aliphatic heterocycles. The van der Waals surface area contributed by atoms with E-state index in [0.717, 1.165) is 36.6 Å². The first-order chi connectivity index (χ1) is 17.0. The number of aromatic amines is 2. The molecule has 1 aromatic carbocycles. The second-order valence-corrected chi connectivity index (χ2v) is 9.69. The first kappa shape index (κ1) is 23.3. The van der Waals surface area contributed by atoms with Gasteiger partial charge >= 0.3 is 5.69 Å². The Morgan fingerprint density at radius 1 is 1.11 bits per heavy atom. The zero-order valence-electron chi connectivity index (χ0n) is 19.7. The summed E-state index contributed by atoms with van der Waals surface area (Å²) in [5.41, 5.74) is 0.660. The maximum absolute atomic E-state index is 14.0. The first-order valence-electron chi connectivity index (χ1n) is 12.3. The van der Waals surface area contributed by atoms with Crippen molar-refractivity contribution in [3.8, 4) is 0 Å². The molecular formula is C25H31N5O5. The maximum atomic E-state index is 14.0. The number of fused-ring (bicyclic) bond motifs is 3. The van der Waals surface area contributed by atoms with Crippen LogP contribution in [0.1, 0.15) is 54.2 Å². The minimum atomic E-state index is -0.739. The minimum Gasteiger partial charge on any atom is -0.383 e. The molecule has 10 heteroatoms. The Bertz CT molecular complexity index is 1190. The normalized spacial score (nSPS) is 27.5. The Kier molecular flexibility index (Phi) is 6.46. The molecule has 0 spiro atoms. The Morgan fingerprint density at radius 2 is 1.91 bits per heavy atom. The molecule has 5 rings (SSSR count). The smallest absolute Gasteiger partial charge is 0.326 e. The zero-order chi connectivity index (χ0) is 24.5. The third-order valence-electron chi connectivity index (χ3n) is 7.62. The summed E-state index contributed by atoms with van der Waals surface area (Å²) in [7, 11) is 1.69. The summed E-state index contributed by atoms with van der Waals surface area (Å²) >= 11 is 0. The lowest BCUT2D eigenvalue weighted by atomic mass is 9.81. The fraction of sp³-hybridized carbons (Fsp3) is 0.520. The number of benzene rings is 1. The van der Waals surface area contributed by atoms with Crippen LogP contribution in [0.15, 0.2) is 39.9 Å². The molecule has 0 radical (unpaired) electrons. The second kappa shape index (κ2) is 9.69. The fourth-order valence-electron chi connectivity index (χ4n) is 6.07. The number of methoxy groups -OCH3 is 1. The summed E-state index contributed by atoms with van der Waals surface area (Å²) in [5, 5.41) is 6.52. The van der Waals surface area contributed by atoms with E-state index in [1.165, 1.54) is 0 Å². The van der Waals surface area contributed by atoms with E-state index in [-0.39, 0.29) is 41.6 Å². The van der Waals surface area contributed by atoms with Gasteiger partial charge in [-0.1, -0.05) is 31.0 Å². The summed E-state index contributed by atoms with van der Waals surface area (Å²) in [6, 6.07) is 8.89. The van der Waals surface area contributed by atoms with E-state index in [2.05, 4.69) is 26.7 Å². The number of nitrogens with one attached hydrogen (secondary N) is 4. The van der Waals surface area contributed by atoms with Crippen LogP contribution in [0.2, 0.25) is 0 Å². The molecular weight excluding hydrogens is 450 g/mol. The number of H-pyrrole nitrogens is 2. The van der Waals surface area contributed by atoms with E-state index in [4.69, 9.17) is 4.74 Å². The van der Waals surface area contributed by atoms with Gasteiger partial charge in [0, 0.05) is 37.4 Å². The molecule has 5 atom stereocenters. The molecule has 4 N–H and O–H groups in total. The quantitative estimate of drug-likeness (QED) is 0.509. The molecule has 1 saturated carbocycles. The summed E-state index contributed by atoms with van der Waals surface area (Å²) < 4.78 is 5.47. The van der Waals surface area contributed by atoms with E-state index in [0.29, 0.717) is 26.0 Å². The van der Waals surface area contributed by atoms with Gasteiger partial charge in [0.2, 0.25) is 5.91 Å². The number of nitrogens with zero attached hydrogens (tertiary/aromatic N) is 1. The molecule has 2 aromatic rings. The van der Waals surface area contributed by atoms with Crippen molar-refractivity contribution >= 4 is 17.5 Å². The van der Waals surface area contributed by atoms with Gasteiger partial charge in [-0.25, -0.2) is 4.79 Å². The van der Waals surface area contributed by atoms with Crippen LogP contribution in [0.25, 0.3) is 0 Å². The Hall–Kier alpha value is -3.40. The lowest BCUT2D eigenvalue weighted by Gasteiger charge is -2.41. The molecule has 1 aliphatic carbocycles. The molecule has 186 valence electrons. The summed E-state index contributed by atoms with van der Waals surface area (Å²) in [6.07, 6.45) is 4.04. The van der Waals surface area contributed by atoms with Gasteiger partial charge in [0.05, 0.1) is 24.6 Å². The van der Waals surface area contributed by atoms with Crippen molar-refractivity contribution in [2.75, 3.05) is 25.6 Å². The van der Waals surface area contributed by atoms with Gasteiger partial charge in [-0.15, -0.1) is 0 Å². The lowest BCUT2D eigenvalue weighted by molar-refractivity contribution is -0.139. The van der Waals surface area contributed by atoms with Gasteiger partial charge in [0.15, 0.2) is 0 Å². The molecule has 1 saturated heterocycles. The number of hydrogen-bond acceptors (Lipinski definition) is 6. The number of amides is 2. The molecule has 35 heavy (non-hydrogen) atoms. The molecule has 2 fully saturated rings. The van der Waals surface area contributed by atoms with Crippen molar-refractivity contribution in [1.82, 2.24) is 20.2 Å². The molecule has 2 amide bonds. The molecule has 3 aliphatic rings. The van der Waals surface area contributed by atoms with Gasteiger partial charge in [0.25, 0.3) is 11.5 Å². The average molecular weight is 482 g/mol. The summed E-state index contributed by atoms with van der Waals surface area (Å²) in [5.74, 6) is -0.617. The van der Waals surface area contributed by atoms with Gasteiger partial charge in [-0.3, -0.25) is 19.4 Å². The Morgan fingerprint density at radius 3 is 2.71 bits per heavy atom. The number of rotatable bonds is 5. The van der Waals surface area contributed by atoms with Crippen molar-refractivity contribution in [3.63, 3.8) is 0 Å². The van der Waals surface area contributed by atoms with Gasteiger partial charge in [-0.05, 0) is 30.9 Å². The van der Waals surface area contributed by atoms with Crippen molar-refractivity contribution in [1.29, 1.82) is 0 Å². The molecule has 0 unspecified atom stereocenters. The molecule has 1 aromatic heterocycles. The highest BCUT2D eigenvalue weighted by Crippen LogP contribution is 2.47. The number of ether oxygens (including phenoxy) is 1. The van der Waals surface area contributed by atoms with E-state index < -0.39 is 17.2 Å². The highest BCUT2D eigenvalue weighted by atomic mass is 16.5. The van der Waals surface area contributed by atoms with Crippen LogP contribution >= 0.6 is 0 Å². The van der Waals surface area contributed by atoms with Crippen LogP contribution in [0.5, 0.6) is 0 Å². The highest BCUT2D eigenvalue weighted by molar-refractivity contribution is 5.93. The van der Waals surface area contributed by atoms with E-state index in [1.807, 2.05) is 23.1 Å². The minimum absolute atomic E-state index is 0.0394. The van der Waals surface area contributed by atoms with Crippen molar-refractivity contribution in [2.24, 2.45) is 11.8 Å². The topological polar surface area (TPSA) is 136 Å². The predicted molar refractivity (Wildman–Crippen MR) is 129 cm³/mol. The third-order valence-corrected chi connectivity index (χ3v) is 7.62. The number of carbonyl (C=O) groups excluding carboxylic acids is 2. The summed E-state index contributed by atoms with van der Waals surface area (Å²) in [6.45, 7) is 1.22. The Labute approximate surface area is 202 Å². The zero-order valence-corrected chi connectivity index (χ0v) is 19.7. The van der Waals surface area contributed by atoms with Crippen molar-refractivity contribution < 1.29 is 14.3 Å². The highest BCUT2D eigenvalue weighted by Gasteiger charge is 2.48. The van der Waals surface area contributed by atoms with Crippen molar-refractivity contribution in [2.45, 2.75) is 50.2 Å². The third kappa shape index (κ3) is 4.50. The van der Waals surface area contributed by atoms with E-state index >= 15 is 0 Å². The first-order valence-corrected chi connectivity index (χ1v) is 12.3. The lowest BCUT2D eigenvalue weighted by Crippen LogP contribution is -2.51. The molecule has 10 nitrogen and oxygen atoms in total. The number of aromatic nitrogens is 2. The van der Waals surface area contributed by atoms with Crippen LogP contribution in [0.3, 0.4) is 0 Å². The standard InChI is InChI=1S/C25H31N5O5/c1-35-13-20-15-10-11-30(22(15)14-6-2-4-8-17(14)26-20)24(33)16-7-3-5-9-18(16)27-23(32)19-12-21(31)29-25(34)28-19/h2,4,6,8,12,15-16,18,20,22,26H,3,5,7,9-11,13H2,1H3,(H,27,32)(H2,28,29,31,34)/t15-,16+,18-,20+,22+/m1/s1. The molecule has 3 heterocycles. The van der Waals surface area contributed by atoms with E-state index in [9.17, 15) is 19.2 Å². The number of anilines is 1. The van der Waals surface area contributed by atoms with Gasteiger partial charge in [0.1, 0.15) is 5.69 Å². The van der Waals surface area contributed by atoms with Crippen molar-refractivity contribution in [3.05, 3.63) is 62.4 Å².